The Morgan fingerprint density at radius 2 is 2.00 bits per heavy atom. The van der Waals surface area contributed by atoms with Gasteiger partial charge in [-0.25, -0.2) is 0 Å². The van der Waals surface area contributed by atoms with Crippen molar-refractivity contribution in [2.45, 2.75) is 31.8 Å². The zero-order valence-corrected chi connectivity index (χ0v) is 17.3. The monoisotopic (exact) mass is 422 g/mol. The third-order valence-corrected chi connectivity index (χ3v) is 5.58. The maximum Gasteiger partial charge on any atom is 0.269 e. The molecule has 0 spiro atoms. The van der Waals surface area contributed by atoms with Gasteiger partial charge in [0.25, 0.3) is 5.69 Å². The Morgan fingerprint density at radius 3 is 2.67 bits per heavy atom. The molecule has 8 heteroatoms. The van der Waals surface area contributed by atoms with Gasteiger partial charge in [0.1, 0.15) is 17.6 Å². The van der Waals surface area contributed by atoms with Crippen LogP contribution in [0, 0.1) is 10.1 Å². The molecular weight excluding hydrogens is 400 g/mol. The number of hydrogen-bond acceptors (Lipinski definition) is 5. The lowest BCUT2D eigenvalue weighted by Gasteiger charge is -2.25. The number of pyridine rings is 1. The molecular formula is C22H22N4O3S. The van der Waals surface area contributed by atoms with Crippen LogP contribution in [0.4, 0.5) is 5.69 Å². The minimum absolute atomic E-state index is 0.0526. The van der Waals surface area contributed by atoms with E-state index in [1.54, 1.807) is 18.3 Å². The van der Waals surface area contributed by atoms with Gasteiger partial charge >= 0.3 is 0 Å². The third kappa shape index (κ3) is 3.91. The summed E-state index contributed by atoms with van der Waals surface area (Å²) in [7, 11) is 0. The molecule has 2 aromatic heterocycles. The first-order chi connectivity index (χ1) is 14.6. The van der Waals surface area contributed by atoms with Gasteiger partial charge in [-0.05, 0) is 55.0 Å². The van der Waals surface area contributed by atoms with Crippen LogP contribution in [0.1, 0.15) is 43.3 Å². The second-order valence-corrected chi connectivity index (χ2v) is 7.57. The second-order valence-electron chi connectivity index (χ2n) is 7.18. The van der Waals surface area contributed by atoms with E-state index in [0.29, 0.717) is 10.9 Å². The van der Waals surface area contributed by atoms with Gasteiger partial charge in [0.15, 0.2) is 5.11 Å². The van der Waals surface area contributed by atoms with E-state index in [0.717, 1.165) is 36.4 Å². The molecule has 30 heavy (non-hydrogen) atoms. The summed E-state index contributed by atoms with van der Waals surface area (Å²) in [5.41, 5.74) is 1.74. The van der Waals surface area contributed by atoms with Crippen LogP contribution in [0.15, 0.2) is 65.2 Å². The highest BCUT2D eigenvalue weighted by atomic mass is 32.1. The van der Waals surface area contributed by atoms with Crippen LogP contribution in [-0.4, -0.2) is 26.5 Å². The zero-order chi connectivity index (χ0) is 21.1. The van der Waals surface area contributed by atoms with E-state index in [1.165, 1.54) is 12.1 Å². The van der Waals surface area contributed by atoms with E-state index in [4.69, 9.17) is 16.6 Å². The summed E-state index contributed by atoms with van der Waals surface area (Å²) in [6, 6.07) is 15.8. The first kappa shape index (κ1) is 20.0. The van der Waals surface area contributed by atoms with Crippen molar-refractivity contribution >= 4 is 23.0 Å². The largest absolute Gasteiger partial charge is 0.459 e. The molecule has 0 unspecified atom stereocenters. The van der Waals surface area contributed by atoms with Gasteiger partial charge in [0.05, 0.1) is 16.7 Å². The number of benzene rings is 1. The molecule has 0 bridgehead atoms. The van der Waals surface area contributed by atoms with Crippen molar-refractivity contribution in [1.82, 2.24) is 15.2 Å². The fourth-order valence-electron chi connectivity index (χ4n) is 3.70. The molecule has 1 aromatic carbocycles. The molecule has 7 nitrogen and oxygen atoms in total. The topological polar surface area (TPSA) is 84.4 Å². The minimum Gasteiger partial charge on any atom is -0.459 e. The predicted octanol–water partition coefficient (Wildman–Crippen LogP) is 5.02. The SMILES string of the molecule is CCCCN1C(=S)N[C@@H](c2ccccn2)[C@H]1c1ccc(-c2ccc([N+](=O)[O-])cc2)o1. The Hall–Kier alpha value is -3.26. The van der Waals surface area contributed by atoms with E-state index in [-0.39, 0.29) is 17.8 Å². The number of hydrogen-bond donors (Lipinski definition) is 1. The average molecular weight is 423 g/mol. The number of thiocarbonyl (C=S) groups is 1. The van der Waals surface area contributed by atoms with Crippen LogP contribution in [0.2, 0.25) is 0 Å². The lowest BCUT2D eigenvalue weighted by atomic mass is 10.0. The van der Waals surface area contributed by atoms with Crippen molar-refractivity contribution in [2.75, 3.05) is 6.54 Å². The van der Waals surface area contributed by atoms with Crippen molar-refractivity contribution in [3.63, 3.8) is 0 Å². The molecule has 1 aliphatic rings. The van der Waals surface area contributed by atoms with E-state index < -0.39 is 4.92 Å². The fourth-order valence-corrected chi connectivity index (χ4v) is 4.03. The third-order valence-electron chi connectivity index (χ3n) is 5.23. The van der Waals surface area contributed by atoms with Gasteiger partial charge in [-0.3, -0.25) is 15.1 Å². The number of non-ortho nitro benzene ring substituents is 1. The molecule has 0 amide bonds. The normalized spacial score (nSPS) is 18.4. The van der Waals surface area contributed by atoms with Gasteiger partial charge < -0.3 is 14.6 Å². The molecule has 154 valence electrons. The lowest BCUT2D eigenvalue weighted by Crippen LogP contribution is -2.30. The highest BCUT2D eigenvalue weighted by Crippen LogP contribution is 2.40. The molecule has 1 saturated heterocycles. The van der Waals surface area contributed by atoms with Gasteiger partial charge in [-0.1, -0.05) is 19.4 Å². The van der Waals surface area contributed by atoms with Crippen LogP contribution in [0.3, 0.4) is 0 Å². The van der Waals surface area contributed by atoms with Crippen LogP contribution < -0.4 is 5.32 Å². The number of nitrogens with zero attached hydrogens (tertiary/aromatic N) is 3. The van der Waals surface area contributed by atoms with Crippen LogP contribution in [0.5, 0.6) is 0 Å². The average Bonchev–Trinajstić information content (AvgIpc) is 3.37. The predicted molar refractivity (Wildman–Crippen MR) is 118 cm³/mol. The molecule has 1 N–H and O–H groups in total. The Kier molecular flexibility index (Phi) is 5.76. The quantitative estimate of drug-likeness (QED) is 0.325. The fraction of sp³-hybridized carbons (Fsp3) is 0.273. The second kappa shape index (κ2) is 8.62. The molecule has 0 radical (unpaired) electrons. The first-order valence-corrected chi connectivity index (χ1v) is 10.3. The number of nitro groups is 1. The number of furan rings is 1. The van der Waals surface area contributed by atoms with Crippen molar-refractivity contribution in [1.29, 1.82) is 0 Å². The van der Waals surface area contributed by atoms with Crippen molar-refractivity contribution in [2.24, 2.45) is 0 Å². The van der Waals surface area contributed by atoms with Gasteiger partial charge in [0, 0.05) is 30.4 Å². The highest BCUT2D eigenvalue weighted by Gasteiger charge is 2.41. The maximum atomic E-state index is 10.9. The number of unbranched alkanes of at least 4 members (excludes halogenated alkanes) is 1. The molecule has 1 aliphatic heterocycles. The Bertz CT molecular complexity index is 1040. The molecule has 4 rings (SSSR count). The molecule has 3 aromatic rings. The van der Waals surface area contributed by atoms with Crippen LogP contribution in [0.25, 0.3) is 11.3 Å². The van der Waals surface area contributed by atoms with Gasteiger partial charge in [-0.2, -0.15) is 0 Å². The summed E-state index contributed by atoms with van der Waals surface area (Å²) in [4.78, 5) is 17.2. The van der Waals surface area contributed by atoms with Crippen molar-refractivity contribution in [3.05, 3.63) is 82.4 Å². The molecule has 0 saturated carbocycles. The summed E-state index contributed by atoms with van der Waals surface area (Å²) < 4.78 is 6.23. The molecule has 3 heterocycles. The Balaban J connectivity index is 1.67. The molecule has 0 aliphatic carbocycles. The van der Waals surface area contributed by atoms with Crippen molar-refractivity contribution < 1.29 is 9.34 Å². The number of nitrogens with one attached hydrogen (secondary N) is 1. The summed E-state index contributed by atoms with van der Waals surface area (Å²) in [6.07, 6.45) is 3.85. The first-order valence-electron chi connectivity index (χ1n) is 9.91. The highest BCUT2D eigenvalue weighted by molar-refractivity contribution is 7.80. The number of rotatable bonds is 7. The van der Waals surface area contributed by atoms with Gasteiger partial charge in [-0.15, -0.1) is 0 Å². The zero-order valence-electron chi connectivity index (χ0n) is 16.5. The van der Waals surface area contributed by atoms with Crippen molar-refractivity contribution in [3.8, 4) is 11.3 Å². The smallest absolute Gasteiger partial charge is 0.269 e. The van der Waals surface area contributed by atoms with Gasteiger partial charge in [0.2, 0.25) is 0 Å². The van der Waals surface area contributed by atoms with E-state index in [2.05, 4.69) is 22.1 Å². The van der Waals surface area contributed by atoms with E-state index >= 15 is 0 Å². The van der Waals surface area contributed by atoms with E-state index in [1.807, 2.05) is 30.3 Å². The summed E-state index contributed by atoms with van der Waals surface area (Å²) in [5.74, 6) is 1.44. The van der Waals surface area contributed by atoms with Crippen LogP contribution in [-0.2, 0) is 0 Å². The summed E-state index contributed by atoms with van der Waals surface area (Å²) in [5, 5.41) is 15.0. The van der Waals surface area contributed by atoms with Crippen LogP contribution >= 0.6 is 12.2 Å². The summed E-state index contributed by atoms with van der Waals surface area (Å²) in [6.45, 7) is 2.97. The number of nitro benzene ring substituents is 1. The molecule has 2 atom stereocenters. The summed E-state index contributed by atoms with van der Waals surface area (Å²) >= 11 is 5.63. The Morgan fingerprint density at radius 1 is 1.20 bits per heavy atom. The van der Waals surface area contributed by atoms with E-state index in [9.17, 15) is 10.1 Å². The minimum atomic E-state index is -0.411. The molecule has 1 fully saturated rings. The Labute approximate surface area is 179 Å². The lowest BCUT2D eigenvalue weighted by molar-refractivity contribution is -0.384. The standard InChI is InChI=1S/C22H22N4O3S/c1-2-3-14-25-21(20(24-22(25)30)17-6-4-5-13-23-17)19-12-11-18(29-19)15-7-9-16(10-8-15)26(27)28/h4-13,20-21H,2-3,14H2,1H3,(H,24,30)/t20-,21+/m0/s1. The maximum absolute atomic E-state index is 10.9. The number of aromatic nitrogens is 1.